The number of nitrogens with zero attached hydrogens (tertiary/aromatic N) is 1. The number of hydrogen-bond donors (Lipinski definition) is 1. The number of aryl methyl sites for hydroxylation is 1. The highest BCUT2D eigenvalue weighted by Gasteiger charge is 1.96. The molecule has 104 valence electrons. The average molecular weight is 271 g/mol. The molecule has 0 saturated carbocycles. The molecule has 1 N–H and O–H groups in total. The molecule has 20 heavy (non-hydrogen) atoms. The third-order valence-corrected chi connectivity index (χ3v) is 2.73. The first-order chi connectivity index (χ1) is 9.78. The molecule has 2 aromatic rings. The quantitative estimate of drug-likeness (QED) is 0.380. The second-order valence-corrected chi connectivity index (χ2v) is 4.32. The van der Waals surface area contributed by atoms with Crippen molar-refractivity contribution in [1.82, 2.24) is 0 Å². The normalized spacial score (nSPS) is 10.7. The maximum Gasteiger partial charge on any atom is 0.122 e. The standard InChI is InChI=1S/C16H17NO3/c1-13-2-6-15(7-3-13)19-10-11-20-16-8-4-14(5-9-16)12-17-18/h2-9,12,18H,10-11H2,1H3. The molecule has 0 unspecified atom stereocenters. The van der Waals surface area contributed by atoms with E-state index in [0.29, 0.717) is 13.2 Å². The van der Waals surface area contributed by atoms with Crippen LogP contribution >= 0.6 is 0 Å². The number of ether oxygens (including phenoxy) is 2. The van der Waals surface area contributed by atoms with Gasteiger partial charge in [-0.05, 0) is 48.9 Å². The molecule has 0 aliphatic carbocycles. The predicted octanol–water partition coefficient (Wildman–Crippen LogP) is 3.26. The Balaban J connectivity index is 1.74. The number of rotatable bonds is 6. The third-order valence-electron chi connectivity index (χ3n) is 2.73. The summed E-state index contributed by atoms with van der Waals surface area (Å²) in [5.41, 5.74) is 2.02. The van der Waals surface area contributed by atoms with Crippen LogP contribution < -0.4 is 9.47 Å². The summed E-state index contributed by atoms with van der Waals surface area (Å²) < 4.78 is 11.1. The van der Waals surface area contributed by atoms with Crippen LogP contribution in [0.2, 0.25) is 0 Å². The summed E-state index contributed by atoms with van der Waals surface area (Å²) in [7, 11) is 0. The first-order valence-corrected chi connectivity index (χ1v) is 6.38. The predicted molar refractivity (Wildman–Crippen MR) is 78.0 cm³/mol. The van der Waals surface area contributed by atoms with Gasteiger partial charge in [0.05, 0.1) is 6.21 Å². The second-order valence-electron chi connectivity index (χ2n) is 4.32. The molecule has 2 aromatic carbocycles. The van der Waals surface area contributed by atoms with E-state index in [1.807, 2.05) is 55.5 Å². The zero-order chi connectivity index (χ0) is 14.2. The lowest BCUT2D eigenvalue weighted by Crippen LogP contribution is -2.08. The molecule has 0 spiro atoms. The molecule has 0 bridgehead atoms. The Hall–Kier alpha value is -2.49. The fraction of sp³-hybridized carbons (Fsp3) is 0.188. The van der Waals surface area contributed by atoms with Gasteiger partial charge in [-0.25, -0.2) is 0 Å². The second kappa shape index (κ2) is 7.19. The van der Waals surface area contributed by atoms with E-state index in [1.165, 1.54) is 11.8 Å². The Kier molecular flexibility index (Phi) is 5.00. The Labute approximate surface area is 118 Å². The molecule has 0 atom stereocenters. The van der Waals surface area contributed by atoms with Gasteiger partial charge >= 0.3 is 0 Å². The van der Waals surface area contributed by atoms with Gasteiger partial charge in [0.1, 0.15) is 24.7 Å². The molecule has 0 saturated heterocycles. The first-order valence-electron chi connectivity index (χ1n) is 6.38. The van der Waals surface area contributed by atoms with Crippen molar-refractivity contribution in [2.45, 2.75) is 6.92 Å². The summed E-state index contributed by atoms with van der Waals surface area (Å²) in [6.07, 6.45) is 1.37. The molecule has 0 radical (unpaired) electrons. The molecule has 0 heterocycles. The van der Waals surface area contributed by atoms with E-state index in [0.717, 1.165) is 17.1 Å². The van der Waals surface area contributed by atoms with Gasteiger partial charge in [-0.3, -0.25) is 0 Å². The van der Waals surface area contributed by atoms with E-state index in [-0.39, 0.29) is 0 Å². The molecule has 2 rings (SSSR count). The third kappa shape index (κ3) is 4.31. The van der Waals surface area contributed by atoms with Crippen molar-refractivity contribution < 1.29 is 14.7 Å². The SMILES string of the molecule is Cc1ccc(OCCOc2ccc(C=NO)cc2)cc1. The fourth-order valence-corrected chi connectivity index (χ4v) is 1.67. The fourth-order valence-electron chi connectivity index (χ4n) is 1.67. The molecule has 4 heteroatoms. The Bertz CT molecular complexity index is 547. The maximum absolute atomic E-state index is 8.41. The zero-order valence-corrected chi connectivity index (χ0v) is 11.3. The van der Waals surface area contributed by atoms with Crippen LogP contribution in [0.15, 0.2) is 53.7 Å². The van der Waals surface area contributed by atoms with Crippen LogP contribution in [0.3, 0.4) is 0 Å². The van der Waals surface area contributed by atoms with Crippen molar-refractivity contribution in [2.75, 3.05) is 13.2 Å². The Morgan fingerprint density at radius 3 is 1.90 bits per heavy atom. The Morgan fingerprint density at radius 1 is 0.900 bits per heavy atom. The van der Waals surface area contributed by atoms with Crippen LogP contribution in [0, 0.1) is 6.92 Å². The minimum absolute atomic E-state index is 0.474. The van der Waals surface area contributed by atoms with Gasteiger partial charge in [0.2, 0.25) is 0 Å². The first kappa shape index (κ1) is 13.9. The van der Waals surface area contributed by atoms with Crippen LogP contribution in [0.1, 0.15) is 11.1 Å². The summed E-state index contributed by atoms with van der Waals surface area (Å²) in [5.74, 6) is 1.60. The van der Waals surface area contributed by atoms with Crippen molar-refractivity contribution >= 4 is 6.21 Å². The lowest BCUT2D eigenvalue weighted by molar-refractivity contribution is 0.217. The van der Waals surface area contributed by atoms with Gasteiger partial charge in [-0.2, -0.15) is 0 Å². The monoisotopic (exact) mass is 271 g/mol. The molecular weight excluding hydrogens is 254 g/mol. The van der Waals surface area contributed by atoms with E-state index in [4.69, 9.17) is 14.7 Å². The van der Waals surface area contributed by atoms with Crippen LogP contribution in [0.4, 0.5) is 0 Å². The minimum atomic E-state index is 0.474. The summed E-state index contributed by atoms with van der Waals surface area (Å²) >= 11 is 0. The van der Waals surface area contributed by atoms with Gasteiger partial charge in [0.15, 0.2) is 0 Å². The molecular formula is C16H17NO3. The van der Waals surface area contributed by atoms with Gasteiger partial charge in [-0.15, -0.1) is 0 Å². The van der Waals surface area contributed by atoms with Crippen LogP contribution in [-0.4, -0.2) is 24.6 Å². The van der Waals surface area contributed by atoms with Gasteiger partial charge in [-0.1, -0.05) is 22.9 Å². The largest absolute Gasteiger partial charge is 0.490 e. The lowest BCUT2D eigenvalue weighted by atomic mass is 10.2. The van der Waals surface area contributed by atoms with Crippen LogP contribution in [0.5, 0.6) is 11.5 Å². The minimum Gasteiger partial charge on any atom is -0.490 e. The molecule has 0 fully saturated rings. The smallest absolute Gasteiger partial charge is 0.122 e. The molecule has 0 aliphatic heterocycles. The van der Waals surface area contributed by atoms with Crippen LogP contribution in [0.25, 0.3) is 0 Å². The highest BCUT2D eigenvalue weighted by Crippen LogP contribution is 2.13. The van der Waals surface area contributed by atoms with Crippen molar-refractivity contribution in [3.05, 3.63) is 59.7 Å². The highest BCUT2D eigenvalue weighted by atomic mass is 16.5. The summed E-state index contributed by atoms with van der Waals surface area (Å²) in [4.78, 5) is 0. The topological polar surface area (TPSA) is 51.0 Å². The van der Waals surface area contributed by atoms with E-state index in [1.54, 1.807) is 0 Å². The van der Waals surface area contributed by atoms with Crippen LogP contribution in [-0.2, 0) is 0 Å². The molecule has 0 aromatic heterocycles. The van der Waals surface area contributed by atoms with Crippen molar-refractivity contribution in [3.8, 4) is 11.5 Å². The van der Waals surface area contributed by atoms with Crippen molar-refractivity contribution in [1.29, 1.82) is 0 Å². The summed E-state index contributed by atoms with van der Waals surface area (Å²) in [5, 5.41) is 11.4. The Morgan fingerprint density at radius 2 is 1.40 bits per heavy atom. The van der Waals surface area contributed by atoms with Gasteiger partial charge in [0, 0.05) is 0 Å². The summed E-state index contributed by atoms with van der Waals surface area (Å²) in [6.45, 7) is 3.00. The summed E-state index contributed by atoms with van der Waals surface area (Å²) in [6, 6.07) is 15.2. The van der Waals surface area contributed by atoms with E-state index >= 15 is 0 Å². The zero-order valence-electron chi connectivity index (χ0n) is 11.3. The van der Waals surface area contributed by atoms with Crippen molar-refractivity contribution in [3.63, 3.8) is 0 Å². The molecule has 0 aliphatic rings. The van der Waals surface area contributed by atoms with Crippen molar-refractivity contribution in [2.24, 2.45) is 5.16 Å². The number of benzene rings is 2. The molecule has 4 nitrogen and oxygen atoms in total. The number of hydrogen-bond acceptors (Lipinski definition) is 4. The van der Waals surface area contributed by atoms with Gasteiger partial charge < -0.3 is 14.7 Å². The molecule has 0 amide bonds. The van der Waals surface area contributed by atoms with Gasteiger partial charge in [0.25, 0.3) is 0 Å². The average Bonchev–Trinajstić information content (AvgIpc) is 2.47. The van der Waals surface area contributed by atoms with E-state index in [2.05, 4.69) is 5.16 Å². The maximum atomic E-state index is 8.41. The van der Waals surface area contributed by atoms with E-state index in [9.17, 15) is 0 Å². The van der Waals surface area contributed by atoms with E-state index < -0.39 is 0 Å². The number of oxime groups is 1. The lowest BCUT2D eigenvalue weighted by Gasteiger charge is -2.08. The highest BCUT2D eigenvalue weighted by molar-refractivity contribution is 5.79.